The number of hydrogen-bond acceptors (Lipinski definition) is 4. The highest BCUT2D eigenvalue weighted by Crippen LogP contribution is 2.18. The molecule has 3 rings (SSSR count). The molecule has 6 nitrogen and oxygen atoms in total. The minimum Gasteiger partial charge on any atom is -0.451 e. The van der Waals surface area contributed by atoms with Crippen molar-refractivity contribution in [3.05, 3.63) is 83.9 Å². The van der Waals surface area contributed by atoms with Gasteiger partial charge in [0.2, 0.25) is 5.91 Å². The molecule has 1 atom stereocenters. The second-order valence-electron chi connectivity index (χ2n) is 6.93. The Balaban J connectivity index is 1.43. The zero-order valence-corrected chi connectivity index (χ0v) is 16.8. The van der Waals surface area contributed by atoms with Crippen LogP contribution in [0.2, 0.25) is 0 Å². The maximum atomic E-state index is 12.2. The van der Waals surface area contributed by atoms with Gasteiger partial charge in [-0.15, -0.1) is 0 Å². The van der Waals surface area contributed by atoms with Crippen molar-refractivity contribution in [3.63, 3.8) is 0 Å². The molecular weight excluding hydrogens is 380 g/mol. The van der Waals surface area contributed by atoms with Crippen LogP contribution in [0, 0.1) is 0 Å². The van der Waals surface area contributed by atoms with E-state index in [4.69, 9.17) is 4.74 Å². The number of esters is 1. The quantitative estimate of drug-likeness (QED) is 0.566. The molecule has 0 aromatic heterocycles. The van der Waals surface area contributed by atoms with Gasteiger partial charge in [-0.3, -0.25) is 14.4 Å². The van der Waals surface area contributed by atoms with Crippen LogP contribution in [0.3, 0.4) is 0 Å². The second kappa shape index (κ2) is 10.2. The average Bonchev–Trinajstić information content (AvgIpc) is 2.77. The summed E-state index contributed by atoms with van der Waals surface area (Å²) in [6, 6.07) is 23.0. The number of carbonyl (C=O) groups excluding carboxylic acids is 3. The standard InChI is InChI=1S/C24H24N2O4/c1-17(24(29)26-15-18-8-3-2-4-9-18)30-23(28)16-25-22(27)14-20-12-7-11-19-10-5-6-13-21(19)20/h2-13,17H,14-16H2,1H3,(H,25,27)(H,26,29)/t17-/m0/s1. The summed E-state index contributed by atoms with van der Waals surface area (Å²) in [5.41, 5.74) is 1.83. The van der Waals surface area contributed by atoms with Crippen LogP contribution in [0.4, 0.5) is 0 Å². The van der Waals surface area contributed by atoms with Gasteiger partial charge in [-0.1, -0.05) is 72.8 Å². The first-order valence-electron chi connectivity index (χ1n) is 9.77. The molecule has 0 radical (unpaired) electrons. The number of carbonyl (C=O) groups is 3. The molecule has 3 aromatic rings. The Morgan fingerprint density at radius 3 is 2.37 bits per heavy atom. The molecule has 0 fully saturated rings. The van der Waals surface area contributed by atoms with Gasteiger partial charge in [0.05, 0.1) is 6.42 Å². The van der Waals surface area contributed by atoms with E-state index in [2.05, 4.69) is 10.6 Å². The molecule has 0 saturated heterocycles. The monoisotopic (exact) mass is 404 g/mol. The summed E-state index contributed by atoms with van der Waals surface area (Å²) in [6.07, 6.45) is -0.793. The van der Waals surface area contributed by atoms with Crippen molar-refractivity contribution in [1.82, 2.24) is 10.6 Å². The van der Waals surface area contributed by atoms with Crippen molar-refractivity contribution in [2.24, 2.45) is 0 Å². The van der Waals surface area contributed by atoms with Crippen LogP contribution in [0.1, 0.15) is 18.1 Å². The number of hydrogen-bond donors (Lipinski definition) is 2. The molecule has 0 unspecified atom stereocenters. The molecule has 0 aliphatic rings. The zero-order valence-electron chi connectivity index (χ0n) is 16.8. The van der Waals surface area contributed by atoms with Crippen molar-refractivity contribution in [1.29, 1.82) is 0 Å². The minimum absolute atomic E-state index is 0.155. The van der Waals surface area contributed by atoms with Gasteiger partial charge >= 0.3 is 5.97 Å². The van der Waals surface area contributed by atoms with E-state index >= 15 is 0 Å². The van der Waals surface area contributed by atoms with Crippen LogP contribution in [0.25, 0.3) is 10.8 Å². The molecule has 2 amide bonds. The highest BCUT2D eigenvalue weighted by molar-refractivity contribution is 5.91. The Morgan fingerprint density at radius 2 is 1.57 bits per heavy atom. The summed E-state index contributed by atoms with van der Waals surface area (Å²) >= 11 is 0. The minimum atomic E-state index is -0.948. The number of nitrogens with one attached hydrogen (secondary N) is 2. The van der Waals surface area contributed by atoms with E-state index in [1.807, 2.05) is 72.8 Å². The van der Waals surface area contributed by atoms with Crippen LogP contribution in [-0.4, -0.2) is 30.4 Å². The maximum Gasteiger partial charge on any atom is 0.326 e. The predicted octanol–water partition coefficient (Wildman–Crippen LogP) is 2.75. The first kappa shape index (κ1) is 21.0. The third kappa shape index (κ3) is 5.91. The van der Waals surface area contributed by atoms with Gasteiger partial charge in [0, 0.05) is 6.54 Å². The lowest BCUT2D eigenvalue weighted by molar-refractivity contribution is -0.154. The molecule has 0 spiro atoms. The highest BCUT2D eigenvalue weighted by atomic mass is 16.5. The topological polar surface area (TPSA) is 84.5 Å². The van der Waals surface area contributed by atoms with Gasteiger partial charge in [0.1, 0.15) is 6.54 Å². The highest BCUT2D eigenvalue weighted by Gasteiger charge is 2.18. The summed E-state index contributed by atoms with van der Waals surface area (Å²) in [4.78, 5) is 36.3. The van der Waals surface area contributed by atoms with E-state index in [1.165, 1.54) is 6.92 Å². The fourth-order valence-electron chi connectivity index (χ4n) is 3.07. The van der Waals surface area contributed by atoms with Crippen LogP contribution in [0.15, 0.2) is 72.8 Å². The van der Waals surface area contributed by atoms with Crippen molar-refractivity contribution < 1.29 is 19.1 Å². The van der Waals surface area contributed by atoms with Crippen molar-refractivity contribution in [2.75, 3.05) is 6.54 Å². The lowest BCUT2D eigenvalue weighted by Gasteiger charge is -2.14. The smallest absolute Gasteiger partial charge is 0.326 e. The number of amides is 2. The van der Waals surface area contributed by atoms with E-state index in [9.17, 15) is 14.4 Å². The SMILES string of the molecule is C[C@H](OC(=O)CNC(=O)Cc1cccc2ccccc12)C(=O)NCc1ccccc1. The molecule has 2 N–H and O–H groups in total. The average molecular weight is 404 g/mol. The molecule has 0 bridgehead atoms. The van der Waals surface area contributed by atoms with Gasteiger partial charge in [0.15, 0.2) is 6.10 Å². The number of benzene rings is 3. The predicted molar refractivity (Wildman–Crippen MR) is 115 cm³/mol. The normalized spacial score (nSPS) is 11.5. The van der Waals surface area contributed by atoms with Gasteiger partial charge in [-0.25, -0.2) is 0 Å². The van der Waals surface area contributed by atoms with Gasteiger partial charge in [-0.05, 0) is 28.8 Å². The molecule has 0 aliphatic heterocycles. The van der Waals surface area contributed by atoms with E-state index in [-0.39, 0.29) is 18.9 Å². The molecule has 0 aliphatic carbocycles. The van der Waals surface area contributed by atoms with Crippen LogP contribution < -0.4 is 10.6 Å². The first-order chi connectivity index (χ1) is 14.5. The fraction of sp³-hybridized carbons (Fsp3) is 0.208. The van der Waals surface area contributed by atoms with E-state index in [0.29, 0.717) is 6.54 Å². The molecule has 30 heavy (non-hydrogen) atoms. The number of ether oxygens (including phenoxy) is 1. The van der Waals surface area contributed by atoms with E-state index < -0.39 is 18.0 Å². The number of rotatable bonds is 8. The second-order valence-corrected chi connectivity index (χ2v) is 6.93. The molecule has 0 saturated carbocycles. The summed E-state index contributed by atoms with van der Waals surface area (Å²) in [5, 5.41) is 7.32. The fourth-order valence-corrected chi connectivity index (χ4v) is 3.07. The van der Waals surface area contributed by atoms with Gasteiger partial charge in [0.25, 0.3) is 5.91 Å². The van der Waals surface area contributed by atoms with Crippen LogP contribution in [-0.2, 0) is 32.1 Å². The van der Waals surface area contributed by atoms with Crippen LogP contribution in [0.5, 0.6) is 0 Å². The van der Waals surface area contributed by atoms with Crippen molar-refractivity contribution in [2.45, 2.75) is 26.0 Å². The Kier molecular flexibility index (Phi) is 7.16. The van der Waals surface area contributed by atoms with Crippen LogP contribution >= 0.6 is 0 Å². The molecule has 0 heterocycles. The third-order valence-corrected chi connectivity index (χ3v) is 4.65. The Bertz CT molecular complexity index is 1030. The summed E-state index contributed by atoms with van der Waals surface area (Å²) in [6.45, 7) is 1.55. The lowest BCUT2D eigenvalue weighted by atomic mass is 10.0. The lowest BCUT2D eigenvalue weighted by Crippen LogP contribution is -2.38. The molecule has 3 aromatic carbocycles. The van der Waals surface area contributed by atoms with Crippen molar-refractivity contribution >= 4 is 28.6 Å². The van der Waals surface area contributed by atoms with Gasteiger partial charge in [-0.2, -0.15) is 0 Å². The van der Waals surface area contributed by atoms with Gasteiger partial charge < -0.3 is 15.4 Å². The molecule has 154 valence electrons. The first-order valence-corrected chi connectivity index (χ1v) is 9.77. The molecule has 6 heteroatoms. The van der Waals surface area contributed by atoms with E-state index in [1.54, 1.807) is 0 Å². The van der Waals surface area contributed by atoms with Crippen molar-refractivity contribution in [3.8, 4) is 0 Å². The zero-order chi connectivity index (χ0) is 21.3. The van der Waals surface area contributed by atoms with E-state index in [0.717, 1.165) is 21.9 Å². The summed E-state index contributed by atoms with van der Waals surface area (Å²) in [7, 11) is 0. The Morgan fingerprint density at radius 1 is 0.867 bits per heavy atom. The Labute approximate surface area is 175 Å². The summed E-state index contributed by atoms with van der Waals surface area (Å²) < 4.78 is 5.11. The Hall–Kier alpha value is -3.67. The largest absolute Gasteiger partial charge is 0.451 e. The maximum absolute atomic E-state index is 12.2. The molecular formula is C24H24N2O4. The number of fused-ring (bicyclic) bond motifs is 1. The third-order valence-electron chi connectivity index (χ3n) is 4.65. The summed E-state index contributed by atoms with van der Waals surface area (Å²) in [5.74, 6) is -1.34.